The standard InChI is InChI=1S/C45H56N8O9/c1-3-17-32(4-2)29-60-43(57)49-26-15-14-25-37(39(47)54)50-41(56)38(28-33-18-8-5-9-19-33)51-40(55)36(46)24-16-27-48-42(52-44(58)61-30-34-20-10-6-11-21-34)53-45(59)62-31-35-22-12-7-13-23-35/h3-13,17-23,36-38H,1-2,14-16,24-31,46H2,(H2,47,54)(H,49,57)(H,50,56)(H,51,55)(H2,48,52,53,58,59)/b32-17+/t36-,37+,38+/m1/s1. The second kappa shape index (κ2) is 28.2. The lowest BCUT2D eigenvalue weighted by Crippen LogP contribution is -2.56. The Balaban J connectivity index is 1.56. The third-order valence-corrected chi connectivity index (χ3v) is 8.87. The molecule has 0 saturated carbocycles. The topological polar surface area (TPSA) is 255 Å². The average Bonchev–Trinajstić information content (AvgIpc) is 3.27. The molecule has 0 saturated heterocycles. The minimum atomic E-state index is -1.12. The molecule has 0 radical (unpaired) electrons. The van der Waals surface area contributed by atoms with E-state index in [4.69, 9.17) is 25.7 Å². The van der Waals surface area contributed by atoms with E-state index in [1.807, 2.05) is 18.2 Å². The fraction of sp³-hybridized carbons (Fsp3) is 0.311. The van der Waals surface area contributed by atoms with Gasteiger partial charge >= 0.3 is 18.3 Å². The van der Waals surface area contributed by atoms with Crippen LogP contribution in [0.4, 0.5) is 14.4 Å². The molecule has 3 atom stereocenters. The predicted octanol–water partition coefficient (Wildman–Crippen LogP) is 4.20. The molecule has 0 aliphatic carbocycles. The Kier molecular flexibility index (Phi) is 22.4. The smallest absolute Gasteiger partial charge is 0.414 e. The summed E-state index contributed by atoms with van der Waals surface area (Å²) in [5, 5.41) is 12.8. The summed E-state index contributed by atoms with van der Waals surface area (Å²) >= 11 is 0. The third kappa shape index (κ3) is 20.1. The van der Waals surface area contributed by atoms with Crippen LogP contribution >= 0.6 is 0 Å². The van der Waals surface area contributed by atoms with Gasteiger partial charge in [-0.2, -0.15) is 0 Å². The first-order valence-electron chi connectivity index (χ1n) is 20.0. The van der Waals surface area contributed by atoms with Gasteiger partial charge in [-0.25, -0.2) is 14.4 Å². The zero-order chi connectivity index (χ0) is 45.0. The normalized spacial score (nSPS) is 12.2. The zero-order valence-corrected chi connectivity index (χ0v) is 34.6. The highest BCUT2D eigenvalue weighted by Gasteiger charge is 2.27. The number of primary amides is 1. The minimum Gasteiger partial charge on any atom is -0.445 e. The van der Waals surface area contributed by atoms with Gasteiger partial charge in [0.05, 0.1) is 6.04 Å². The fourth-order valence-electron chi connectivity index (χ4n) is 5.54. The summed E-state index contributed by atoms with van der Waals surface area (Å²) in [5.41, 5.74) is 14.8. The van der Waals surface area contributed by atoms with Crippen LogP contribution in [0.5, 0.6) is 0 Å². The van der Waals surface area contributed by atoms with Crippen molar-refractivity contribution >= 4 is 42.0 Å². The molecule has 0 aliphatic heterocycles. The highest BCUT2D eigenvalue weighted by molar-refractivity contribution is 6.01. The first kappa shape index (κ1) is 49.1. The predicted molar refractivity (Wildman–Crippen MR) is 234 cm³/mol. The Morgan fingerprint density at radius 2 is 1.21 bits per heavy atom. The first-order chi connectivity index (χ1) is 30.0. The van der Waals surface area contributed by atoms with E-state index in [2.05, 4.69) is 44.7 Å². The van der Waals surface area contributed by atoms with Crippen molar-refractivity contribution in [2.75, 3.05) is 19.7 Å². The van der Waals surface area contributed by atoms with Gasteiger partial charge in [0, 0.05) is 19.5 Å². The van der Waals surface area contributed by atoms with Crippen molar-refractivity contribution in [1.29, 1.82) is 0 Å². The van der Waals surface area contributed by atoms with Crippen LogP contribution in [0.15, 0.2) is 133 Å². The number of ether oxygens (including phenoxy) is 3. The van der Waals surface area contributed by atoms with Gasteiger partial charge in [0.15, 0.2) is 0 Å². The van der Waals surface area contributed by atoms with Crippen LogP contribution in [0.1, 0.15) is 48.8 Å². The van der Waals surface area contributed by atoms with E-state index in [-0.39, 0.29) is 64.6 Å². The molecule has 0 unspecified atom stereocenters. The molecule has 3 aromatic carbocycles. The molecule has 17 heteroatoms. The molecular weight excluding hydrogens is 797 g/mol. The van der Waals surface area contributed by atoms with Gasteiger partial charge < -0.3 is 41.6 Å². The third-order valence-electron chi connectivity index (χ3n) is 8.87. The molecular formula is C45H56N8O9. The van der Waals surface area contributed by atoms with Crippen molar-refractivity contribution < 1.29 is 43.0 Å². The van der Waals surface area contributed by atoms with Gasteiger partial charge in [-0.15, -0.1) is 0 Å². The molecule has 0 aliphatic rings. The summed E-state index contributed by atoms with van der Waals surface area (Å²) in [6.07, 6.45) is 3.87. The summed E-state index contributed by atoms with van der Waals surface area (Å²) in [6, 6.07) is 23.7. The number of aliphatic imine (C=N–C) groups is 1. The monoisotopic (exact) mass is 852 g/mol. The number of nitrogens with one attached hydrogen (secondary N) is 5. The van der Waals surface area contributed by atoms with Crippen molar-refractivity contribution in [3.05, 3.63) is 145 Å². The summed E-state index contributed by atoms with van der Waals surface area (Å²) in [5.74, 6) is -2.29. The van der Waals surface area contributed by atoms with Gasteiger partial charge in [-0.3, -0.25) is 30.0 Å². The van der Waals surface area contributed by atoms with Crippen LogP contribution in [0.3, 0.4) is 0 Å². The number of carbonyl (C=O) groups excluding carboxylic acids is 6. The molecule has 3 rings (SSSR count). The second-order valence-electron chi connectivity index (χ2n) is 13.7. The van der Waals surface area contributed by atoms with Crippen molar-refractivity contribution in [2.24, 2.45) is 16.5 Å². The molecule has 3 aromatic rings. The number of unbranched alkanes of at least 4 members (excludes halogenated alkanes) is 1. The van der Waals surface area contributed by atoms with Gasteiger partial charge in [-0.1, -0.05) is 122 Å². The van der Waals surface area contributed by atoms with E-state index in [1.165, 1.54) is 0 Å². The molecule has 0 aromatic heterocycles. The van der Waals surface area contributed by atoms with Gasteiger partial charge in [0.2, 0.25) is 23.7 Å². The summed E-state index contributed by atoms with van der Waals surface area (Å²) in [6.45, 7) is 7.48. The molecule has 330 valence electrons. The van der Waals surface area contributed by atoms with Crippen molar-refractivity contribution in [3.63, 3.8) is 0 Å². The number of nitrogens with two attached hydrogens (primary N) is 2. The molecule has 0 fully saturated rings. The number of nitrogens with zero attached hydrogens (tertiary/aromatic N) is 1. The van der Waals surface area contributed by atoms with Gasteiger partial charge in [0.25, 0.3) is 0 Å². The van der Waals surface area contributed by atoms with Crippen LogP contribution in [0, 0.1) is 0 Å². The highest BCUT2D eigenvalue weighted by atomic mass is 16.6. The van der Waals surface area contributed by atoms with Gasteiger partial charge in [0.1, 0.15) is 31.9 Å². The van der Waals surface area contributed by atoms with Crippen LogP contribution in [0.2, 0.25) is 0 Å². The molecule has 17 nitrogen and oxygen atoms in total. The Morgan fingerprint density at radius 1 is 0.661 bits per heavy atom. The highest BCUT2D eigenvalue weighted by Crippen LogP contribution is 2.08. The molecule has 62 heavy (non-hydrogen) atoms. The number of guanidine groups is 1. The average molecular weight is 853 g/mol. The van der Waals surface area contributed by atoms with Crippen LogP contribution in [0.25, 0.3) is 0 Å². The SMILES string of the molecule is C=C/C=C(\C=C)COC(=O)NCCCC[C@H](NC(=O)[C@H](Cc1ccccc1)NC(=O)[C@H](N)CCCN=C(NC(=O)OCc1ccccc1)NC(=O)OCc1ccccc1)C(N)=O. The summed E-state index contributed by atoms with van der Waals surface area (Å²) in [4.78, 5) is 80.8. The van der Waals surface area contributed by atoms with E-state index in [0.717, 1.165) is 16.7 Å². The van der Waals surface area contributed by atoms with Gasteiger partial charge in [-0.05, 0) is 54.4 Å². The Hall–Kier alpha value is -7.27. The number of carbonyl (C=O) groups is 6. The number of hydrogen-bond donors (Lipinski definition) is 7. The van der Waals surface area contributed by atoms with Crippen molar-refractivity contribution in [3.8, 4) is 0 Å². The number of hydrogen-bond acceptors (Lipinski definition) is 11. The Labute approximate surface area is 361 Å². The van der Waals surface area contributed by atoms with E-state index >= 15 is 0 Å². The molecule has 9 N–H and O–H groups in total. The summed E-state index contributed by atoms with van der Waals surface area (Å²) in [7, 11) is 0. The van der Waals surface area contributed by atoms with E-state index < -0.39 is 54.1 Å². The Bertz CT molecular complexity index is 1920. The number of rotatable bonds is 24. The van der Waals surface area contributed by atoms with E-state index in [1.54, 1.807) is 91.0 Å². The zero-order valence-electron chi connectivity index (χ0n) is 34.6. The largest absolute Gasteiger partial charge is 0.445 e. The molecule has 0 spiro atoms. The van der Waals surface area contributed by atoms with Crippen LogP contribution in [-0.2, 0) is 48.2 Å². The van der Waals surface area contributed by atoms with Crippen molar-refractivity contribution in [2.45, 2.75) is 69.9 Å². The van der Waals surface area contributed by atoms with E-state index in [0.29, 0.717) is 18.4 Å². The first-order valence-corrected chi connectivity index (χ1v) is 20.0. The van der Waals surface area contributed by atoms with Crippen LogP contribution < -0.4 is 38.1 Å². The number of alkyl carbamates (subject to hydrolysis) is 3. The lowest BCUT2D eigenvalue weighted by Gasteiger charge is -2.23. The minimum absolute atomic E-state index is 0.0164. The molecule has 0 bridgehead atoms. The maximum absolute atomic E-state index is 13.6. The molecule has 6 amide bonds. The quantitative estimate of drug-likeness (QED) is 0.0222. The number of amides is 6. The number of allylic oxidation sites excluding steroid dienone is 2. The lowest BCUT2D eigenvalue weighted by molar-refractivity contribution is -0.131. The molecule has 0 heterocycles. The number of benzene rings is 3. The van der Waals surface area contributed by atoms with Crippen molar-refractivity contribution in [1.82, 2.24) is 26.6 Å². The fourth-order valence-corrected chi connectivity index (χ4v) is 5.54. The lowest BCUT2D eigenvalue weighted by atomic mass is 10.0. The maximum Gasteiger partial charge on any atom is 0.414 e. The van der Waals surface area contributed by atoms with Crippen LogP contribution in [-0.4, -0.2) is 79.8 Å². The summed E-state index contributed by atoms with van der Waals surface area (Å²) < 4.78 is 15.7. The van der Waals surface area contributed by atoms with E-state index in [9.17, 15) is 28.8 Å². The Morgan fingerprint density at radius 3 is 1.74 bits per heavy atom. The second-order valence-corrected chi connectivity index (χ2v) is 13.7. The maximum atomic E-state index is 13.6.